The minimum absolute atomic E-state index is 0.164. The third kappa shape index (κ3) is 4.62. The number of carbonyl (C=O) groups is 1. The fourth-order valence-corrected chi connectivity index (χ4v) is 3.13. The molecule has 2 aromatic heterocycles. The van der Waals surface area contributed by atoms with Crippen LogP contribution in [-0.2, 0) is 11.3 Å². The average Bonchev–Trinajstić information content (AvgIpc) is 3.28. The first kappa shape index (κ1) is 18.0. The van der Waals surface area contributed by atoms with E-state index in [0.717, 1.165) is 5.76 Å². The third-order valence-corrected chi connectivity index (χ3v) is 4.59. The van der Waals surface area contributed by atoms with Crippen LogP contribution in [0.4, 0.5) is 5.69 Å². The number of carbonyl (C=O) groups excluding carboxylic acids is 1. The Morgan fingerprint density at radius 3 is 3.04 bits per heavy atom. The lowest BCUT2D eigenvalue weighted by Gasteiger charge is -2.06. The van der Waals surface area contributed by atoms with E-state index in [1.165, 1.54) is 11.8 Å². The summed E-state index contributed by atoms with van der Waals surface area (Å²) in [5.41, 5.74) is 0.912. The molecule has 0 atom stereocenters. The van der Waals surface area contributed by atoms with Gasteiger partial charge in [0.2, 0.25) is 11.1 Å². The first-order valence-electron chi connectivity index (χ1n) is 7.56. The fraction of sp³-hybridized carbons (Fsp3) is 0.188. The van der Waals surface area contributed by atoms with Crippen molar-refractivity contribution in [3.63, 3.8) is 0 Å². The van der Waals surface area contributed by atoms with Crippen molar-refractivity contribution < 1.29 is 9.21 Å². The molecule has 1 amide bonds. The summed E-state index contributed by atoms with van der Waals surface area (Å²) in [6.45, 7) is 0.429. The molecule has 26 heavy (non-hydrogen) atoms. The van der Waals surface area contributed by atoms with Crippen LogP contribution in [0.5, 0.6) is 0 Å². The maximum Gasteiger partial charge on any atom is 0.225 e. The highest BCUT2D eigenvalue weighted by atomic mass is 35.5. The van der Waals surface area contributed by atoms with E-state index in [9.17, 15) is 4.79 Å². The number of anilines is 1. The van der Waals surface area contributed by atoms with E-state index in [-0.39, 0.29) is 12.3 Å². The number of nitrogens with one attached hydrogen (secondary N) is 1. The summed E-state index contributed by atoms with van der Waals surface area (Å²) in [7, 11) is 0. The van der Waals surface area contributed by atoms with Gasteiger partial charge in [-0.05, 0) is 40.8 Å². The molecule has 2 heterocycles. The van der Waals surface area contributed by atoms with Crippen LogP contribution >= 0.6 is 23.4 Å². The zero-order valence-corrected chi connectivity index (χ0v) is 15.0. The molecule has 0 aliphatic carbocycles. The smallest absolute Gasteiger partial charge is 0.225 e. The highest BCUT2D eigenvalue weighted by Crippen LogP contribution is 2.21. The van der Waals surface area contributed by atoms with Crippen LogP contribution in [0, 0.1) is 11.3 Å². The quantitative estimate of drug-likeness (QED) is 0.619. The standard InChI is InChI=1S/C16H13ClN6O2S/c17-14-8-12(4-3-11(14)9-18)19-15(24)5-7-26-16-20-21-22-23(16)10-13-2-1-6-25-13/h1-4,6,8H,5,7,10H2,(H,19,24). The number of nitriles is 1. The number of thioether (sulfide) groups is 1. The maximum absolute atomic E-state index is 12.0. The Kier molecular flexibility index (Phi) is 5.88. The van der Waals surface area contributed by atoms with Crippen molar-refractivity contribution in [2.45, 2.75) is 18.1 Å². The molecule has 3 rings (SSSR count). The Hall–Kier alpha value is -2.83. The van der Waals surface area contributed by atoms with Crippen molar-refractivity contribution in [3.8, 4) is 6.07 Å². The van der Waals surface area contributed by atoms with E-state index in [1.54, 1.807) is 35.2 Å². The molecule has 1 aromatic carbocycles. The second kappa shape index (κ2) is 8.51. The molecule has 0 fully saturated rings. The lowest BCUT2D eigenvalue weighted by molar-refractivity contribution is -0.115. The number of aromatic nitrogens is 4. The maximum atomic E-state index is 12.0. The van der Waals surface area contributed by atoms with E-state index < -0.39 is 0 Å². The Balaban J connectivity index is 1.49. The number of furan rings is 1. The molecule has 0 spiro atoms. The summed E-state index contributed by atoms with van der Waals surface area (Å²) in [6.07, 6.45) is 1.86. The fourth-order valence-electron chi connectivity index (χ4n) is 2.09. The van der Waals surface area contributed by atoms with Crippen LogP contribution < -0.4 is 5.32 Å². The summed E-state index contributed by atoms with van der Waals surface area (Å²) in [6, 6.07) is 10.4. The first-order chi connectivity index (χ1) is 12.7. The number of hydrogen-bond acceptors (Lipinski definition) is 7. The van der Waals surface area contributed by atoms with Crippen molar-refractivity contribution in [2.75, 3.05) is 11.1 Å². The Morgan fingerprint density at radius 2 is 2.31 bits per heavy atom. The van der Waals surface area contributed by atoms with Crippen LogP contribution in [0.1, 0.15) is 17.7 Å². The Labute approximate surface area is 158 Å². The SMILES string of the molecule is N#Cc1ccc(NC(=O)CCSc2nnnn2Cc2ccco2)cc1Cl. The molecule has 3 aromatic rings. The molecular weight excluding hydrogens is 376 g/mol. The van der Waals surface area contributed by atoms with Gasteiger partial charge in [-0.25, -0.2) is 4.68 Å². The minimum Gasteiger partial charge on any atom is -0.467 e. The summed E-state index contributed by atoms with van der Waals surface area (Å²) < 4.78 is 6.89. The molecule has 0 bridgehead atoms. The summed E-state index contributed by atoms with van der Waals surface area (Å²) in [5, 5.41) is 24.0. The zero-order valence-electron chi connectivity index (χ0n) is 13.4. The number of benzene rings is 1. The number of nitrogens with zero attached hydrogens (tertiary/aromatic N) is 5. The molecule has 1 N–H and O–H groups in total. The van der Waals surface area contributed by atoms with Crippen LogP contribution in [0.15, 0.2) is 46.2 Å². The van der Waals surface area contributed by atoms with E-state index in [1.807, 2.05) is 12.1 Å². The predicted molar refractivity (Wildman–Crippen MR) is 95.8 cm³/mol. The second-order valence-corrected chi connectivity index (χ2v) is 6.62. The first-order valence-corrected chi connectivity index (χ1v) is 8.93. The molecule has 132 valence electrons. The number of rotatable bonds is 7. The average molecular weight is 389 g/mol. The number of hydrogen-bond donors (Lipinski definition) is 1. The van der Waals surface area contributed by atoms with Gasteiger partial charge in [0.25, 0.3) is 0 Å². The minimum atomic E-state index is -0.164. The summed E-state index contributed by atoms with van der Waals surface area (Å²) in [5.74, 6) is 1.09. The van der Waals surface area contributed by atoms with E-state index in [4.69, 9.17) is 21.3 Å². The van der Waals surface area contributed by atoms with Gasteiger partial charge in [0.1, 0.15) is 18.4 Å². The molecule has 10 heteroatoms. The highest BCUT2D eigenvalue weighted by Gasteiger charge is 2.11. The van der Waals surface area contributed by atoms with Crippen LogP contribution in [0.25, 0.3) is 0 Å². The normalized spacial score (nSPS) is 10.5. The number of amides is 1. The molecule has 0 aliphatic rings. The van der Waals surface area contributed by atoms with Gasteiger partial charge in [0, 0.05) is 17.9 Å². The zero-order chi connectivity index (χ0) is 18.4. The van der Waals surface area contributed by atoms with Gasteiger partial charge in [0.15, 0.2) is 0 Å². The monoisotopic (exact) mass is 388 g/mol. The van der Waals surface area contributed by atoms with E-state index in [0.29, 0.717) is 33.7 Å². The van der Waals surface area contributed by atoms with Gasteiger partial charge in [-0.2, -0.15) is 5.26 Å². The molecule has 0 saturated heterocycles. The Morgan fingerprint density at radius 1 is 1.42 bits per heavy atom. The van der Waals surface area contributed by atoms with Gasteiger partial charge >= 0.3 is 0 Å². The van der Waals surface area contributed by atoms with Gasteiger partial charge in [-0.3, -0.25) is 4.79 Å². The lowest BCUT2D eigenvalue weighted by atomic mass is 10.2. The highest BCUT2D eigenvalue weighted by molar-refractivity contribution is 7.99. The second-order valence-electron chi connectivity index (χ2n) is 5.15. The van der Waals surface area contributed by atoms with Gasteiger partial charge in [0.05, 0.1) is 16.8 Å². The topological polar surface area (TPSA) is 110 Å². The molecule has 8 nitrogen and oxygen atoms in total. The predicted octanol–water partition coefficient (Wildman–Crippen LogP) is 2.96. The van der Waals surface area contributed by atoms with Gasteiger partial charge < -0.3 is 9.73 Å². The van der Waals surface area contributed by atoms with E-state index in [2.05, 4.69) is 20.8 Å². The molecule has 0 radical (unpaired) electrons. The van der Waals surface area contributed by atoms with Crippen LogP contribution in [0.3, 0.4) is 0 Å². The number of tetrazole rings is 1. The largest absolute Gasteiger partial charge is 0.467 e. The molecular formula is C16H13ClN6O2S. The van der Waals surface area contributed by atoms with Crippen molar-refractivity contribution in [1.29, 1.82) is 5.26 Å². The van der Waals surface area contributed by atoms with Crippen LogP contribution in [0.2, 0.25) is 5.02 Å². The van der Waals surface area contributed by atoms with Crippen molar-refractivity contribution in [3.05, 3.63) is 52.9 Å². The van der Waals surface area contributed by atoms with Crippen molar-refractivity contribution >= 4 is 35.0 Å². The van der Waals surface area contributed by atoms with Crippen molar-refractivity contribution in [1.82, 2.24) is 20.2 Å². The van der Waals surface area contributed by atoms with E-state index >= 15 is 0 Å². The Bertz CT molecular complexity index is 935. The molecule has 0 aliphatic heterocycles. The van der Waals surface area contributed by atoms with Gasteiger partial charge in [-0.1, -0.05) is 23.4 Å². The summed E-state index contributed by atoms with van der Waals surface area (Å²) in [4.78, 5) is 12.0. The van der Waals surface area contributed by atoms with Gasteiger partial charge in [-0.15, -0.1) is 5.10 Å². The third-order valence-electron chi connectivity index (χ3n) is 3.32. The summed E-state index contributed by atoms with van der Waals surface area (Å²) >= 11 is 7.33. The molecule has 0 saturated carbocycles. The lowest BCUT2D eigenvalue weighted by Crippen LogP contribution is -2.12. The van der Waals surface area contributed by atoms with Crippen molar-refractivity contribution in [2.24, 2.45) is 0 Å². The molecule has 0 unspecified atom stereocenters. The number of halogens is 1. The van der Waals surface area contributed by atoms with Crippen LogP contribution in [-0.4, -0.2) is 31.9 Å².